The van der Waals surface area contributed by atoms with E-state index in [1.54, 1.807) is 24.3 Å². The Morgan fingerprint density at radius 1 is 1.04 bits per heavy atom. The number of carbonyl (C=O) groups is 2. The van der Waals surface area contributed by atoms with Crippen molar-refractivity contribution >= 4 is 17.5 Å². The van der Waals surface area contributed by atoms with Gasteiger partial charge in [-0.1, -0.05) is 37.3 Å². The van der Waals surface area contributed by atoms with Crippen molar-refractivity contribution in [3.05, 3.63) is 60.2 Å². The number of hydrogen-bond acceptors (Lipinski definition) is 4. The van der Waals surface area contributed by atoms with E-state index in [0.717, 1.165) is 11.3 Å². The van der Waals surface area contributed by atoms with Gasteiger partial charge in [0.2, 0.25) is 11.8 Å². The van der Waals surface area contributed by atoms with E-state index in [4.69, 9.17) is 4.74 Å². The number of rotatable bonds is 9. The third-order valence-corrected chi connectivity index (χ3v) is 4.18. The monoisotopic (exact) mass is 369 g/mol. The van der Waals surface area contributed by atoms with Gasteiger partial charge in [0.05, 0.1) is 13.2 Å². The number of ether oxygens (including phenoxy) is 1. The third-order valence-electron chi connectivity index (χ3n) is 4.18. The van der Waals surface area contributed by atoms with Gasteiger partial charge in [-0.25, -0.2) is 0 Å². The standard InChI is InChI=1S/C21H27N3O3/c1-4-24(3)20(16-9-7-6-8-10-16)21(26)22-15-19(25)23-17-11-13-18(14-12-17)27-5-2/h6-14,20H,4-5,15H2,1-3H3,(H,22,26)(H,23,25). The Morgan fingerprint density at radius 2 is 1.70 bits per heavy atom. The van der Waals surface area contributed by atoms with Crippen LogP contribution in [-0.2, 0) is 9.59 Å². The molecule has 0 spiro atoms. The smallest absolute Gasteiger partial charge is 0.243 e. The highest BCUT2D eigenvalue weighted by molar-refractivity contribution is 5.95. The molecule has 1 atom stereocenters. The first-order valence-corrected chi connectivity index (χ1v) is 9.10. The predicted octanol–water partition coefficient (Wildman–Crippen LogP) is 2.83. The molecule has 6 heteroatoms. The Balaban J connectivity index is 1.93. The zero-order valence-corrected chi connectivity index (χ0v) is 16.1. The number of anilines is 1. The molecule has 0 fully saturated rings. The molecule has 27 heavy (non-hydrogen) atoms. The number of amides is 2. The number of hydrogen-bond donors (Lipinski definition) is 2. The molecule has 0 bridgehead atoms. The van der Waals surface area contributed by atoms with Gasteiger partial charge in [-0.05, 0) is 50.3 Å². The maximum absolute atomic E-state index is 12.7. The Hall–Kier alpha value is -2.86. The summed E-state index contributed by atoms with van der Waals surface area (Å²) in [7, 11) is 1.89. The van der Waals surface area contributed by atoms with Crippen LogP contribution in [-0.4, -0.2) is 43.5 Å². The maximum atomic E-state index is 12.7. The van der Waals surface area contributed by atoms with Crippen LogP contribution in [0.1, 0.15) is 25.5 Å². The van der Waals surface area contributed by atoms with Gasteiger partial charge in [0.25, 0.3) is 0 Å². The van der Waals surface area contributed by atoms with Gasteiger partial charge in [-0.3, -0.25) is 14.5 Å². The quantitative estimate of drug-likeness (QED) is 0.713. The predicted molar refractivity (Wildman–Crippen MR) is 107 cm³/mol. The average molecular weight is 369 g/mol. The topological polar surface area (TPSA) is 70.7 Å². The normalized spacial score (nSPS) is 11.7. The molecule has 6 nitrogen and oxygen atoms in total. The maximum Gasteiger partial charge on any atom is 0.243 e. The molecule has 0 heterocycles. The molecular formula is C21H27N3O3. The molecule has 0 aliphatic rings. The summed E-state index contributed by atoms with van der Waals surface area (Å²) < 4.78 is 5.37. The minimum Gasteiger partial charge on any atom is -0.494 e. The summed E-state index contributed by atoms with van der Waals surface area (Å²) in [4.78, 5) is 26.8. The fraction of sp³-hybridized carbons (Fsp3) is 0.333. The van der Waals surface area contributed by atoms with E-state index in [2.05, 4.69) is 10.6 Å². The van der Waals surface area contributed by atoms with E-state index >= 15 is 0 Å². The highest BCUT2D eigenvalue weighted by Gasteiger charge is 2.24. The summed E-state index contributed by atoms with van der Waals surface area (Å²) in [5.41, 5.74) is 1.55. The van der Waals surface area contributed by atoms with Crippen molar-refractivity contribution in [3.8, 4) is 5.75 Å². The second-order valence-corrected chi connectivity index (χ2v) is 6.11. The summed E-state index contributed by atoms with van der Waals surface area (Å²) in [6.45, 7) is 5.11. The van der Waals surface area contributed by atoms with Crippen LogP contribution in [0.4, 0.5) is 5.69 Å². The lowest BCUT2D eigenvalue weighted by Gasteiger charge is -2.26. The van der Waals surface area contributed by atoms with Crippen molar-refractivity contribution in [3.63, 3.8) is 0 Å². The number of nitrogens with one attached hydrogen (secondary N) is 2. The molecule has 2 aromatic carbocycles. The van der Waals surface area contributed by atoms with Crippen LogP contribution >= 0.6 is 0 Å². The minimum atomic E-state index is -0.436. The molecule has 0 radical (unpaired) electrons. The van der Waals surface area contributed by atoms with Gasteiger partial charge in [0, 0.05) is 5.69 Å². The molecule has 2 rings (SSSR count). The Morgan fingerprint density at radius 3 is 2.30 bits per heavy atom. The molecule has 144 valence electrons. The van der Waals surface area contributed by atoms with Crippen LogP contribution in [0, 0.1) is 0 Å². The van der Waals surface area contributed by atoms with Crippen LogP contribution in [0.25, 0.3) is 0 Å². The summed E-state index contributed by atoms with van der Waals surface area (Å²) in [5.74, 6) is 0.267. The fourth-order valence-corrected chi connectivity index (χ4v) is 2.69. The van der Waals surface area contributed by atoms with Crippen LogP contribution in [0.2, 0.25) is 0 Å². The highest BCUT2D eigenvalue weighted by atomic mass is 16.5. The number of nitrogens with zero attached hydrogens (tertiary/aromatic N) is 1. The van der Waals surface area contributed by atoms with Gasteiger partial charge in [0.15, 0.2) is 0 Å². The van der Waals surface area contributed by atoms with Crippen LogP contribution < -0.4 is 15.4 Å². The lowest BCUT2D eigenvalue weighted by atomic mass is 10.0. The van der Waals surface area contributed by atoms with Crippen molar-refractivity contribution in [1.29, 1.82) is 0 Å². The molecule has 0 aliphatic heterocycles. The molecule has 0 saturated heterocycles. The zero-order chi connectivity index (χ0) is 19.6. The molecular weight excluding hydrogens is 342 g/mol. The van der Waals surface area contributed by atoms with E-state index in [1.807, 2.05) is 56.1 Å². The highest BCUT2D eigenvalue weighted by Crippen LogP contribution is 2.19. The molecule has 0 aromatic heterocycles. The van der Waals surface area contributed by atoms with Gasteiger partial charge < -0.3 is 15.4 Å². The second-order valence-electron chi connectivity index (χ2n) is 6.11. The lowest BCUT2D eigenvalue weighted by Crippen LogP contribution is -2.41. The first kappa shape index (κ1) is 20.5. The second kappa shape index (κ2) is 10.3. The van der Waals surface area contributed by atoms with Gasteiger partial charge >= 0.3 is 0 Å². The summed E-state index contributed by atoms with van der Waals surface area (Å²) in [6.07, 6.45) is 0. The van der Waals surface area contributed by atoms with E-state index in [-0.39, 0.29) is 18.4 Å². The minimum absolute atomic E-state index is 0.0903. The Kier molecular flexibility index (Phi) is 7.82. The number of carbonyl (C=O) groups excluding carboxylic acids is 2. The van der Waals surface area contributed by atoms with Crippen molar-refractivity contribution in [2.24, 2.45) is 0 Å². The molecule has 0 aliphatic carbocycles. The third kappa shape index (κ3) is 6.11. The van der Waals surface area contributed by atoms with Crippen LogP contribution in [0.3, 0.4) is 0 Å². The largest absolute Gasteiger partial charge is 0.494 e. The van der Waals surface area contributed by atoms with E-state index < -0.39 is 6.04 Å². The van der Waals surface area contributed by atoms with Crippen LogP contribution in [0.5, 0.6) is 5.75 Å². The Bertz CT molecular complexity index is 732. The molecule has 1 unspecified atom stereocenters. The first-order valence-electron chi connectivity index (χ1n) is 9.10. The van der Waals surface area contributed by atoms with E-state index in [9.17, 15) is 9.59 Å². The van der Waals surface area contributed by atoms with Gasteiger partial charge in [-0.15, -0.1) is 0 Å². The summed E-state index contributed by atoms with van der Waals surface area (Å²) in [5, 5.41) is 5.50. The molecule has 0 saturated carbocycles. The number of benzene rings is 2. The zero-order valence-electron chi connectivity index (χ0n) is 16.1. The SMILES string of the molecule is CCOc1ccc(NC(=O)CNC(=O)C(c2ccccc2)N(C)CC)cc1. The first-order chi connectivity index (χ1) is 13.0. The van der Waals surface area contributed by atoms with Crippen LogP contribution in [0.15, 0.2) is 54.6 Å². The molecule has 2 amide bonds. The van der Waals surface area contributed by atoms with Crippen molar-refractivity contribution in [2.45, 2.75) is 19.9 Å². The average Bonchev–Trinajstić information content (AvgIpc) is 2.69. The van der Waals surface area contributed by atoms with Crippen molar-refractivity contribution in [2.75, 3.05) is 32.1 Å². The van der Waals surface area contributed by atoms with E-state index in [1.165, 1.54) is 0 Å². The van der Waals surface area contributed by atoms with Crippen molar-refractivity contribution in [1.82, 2.24) is 10.2 Å². The Labute approximate surface area is 160 Å². The lowest BCUT2D eigenvalue weighted by molar-refractivity contribution is -0.128. The number of likely N-dealkylation sites (N-methyl/N-ethyl adjacent to an activating group) is 1. The summed E-state index contributed by atoms with van der Waals surface area (Å²) >= 11 is 0. The summed E-state index contributed by atoms with van der Waals surface area (Å²) in [6, 6.07) is 16.2. The molecule has 2 N–H and O–H groups in total. The van der Waals surface area contributed by atoms with Crippen molar-refractivity contribution < 1.29 is 14.3 Å². The fourth-order valence-electron chi connectivity index (χ4n) is 2.69. The van der Waals surface area contributed by atoms with Gasteiger partial charge in [0.1, 0.15) is 11.8 Å². The van der Waals surface area contributed by atoms with E-state index in [0.29, 0.717) is 18.8 Å². The molecule has 2 aromatic rings. The van der Waals surface area contributed by atoms with Gasteiger partial charge in [-0.2, -0.15) is 0 Å².